The fourth-order valence-corrected chi connectivity index (χ4v) is 2.83. The molecule has 1 aromatic heterocycles. The highest BCUT2D eigenvalue weighted by molar-refractivity contribution is 5.95. The molecule has 3 rings (SSSR count). The Morgan fingerprint density at radius 2 is 2.04 bits per heavy atom. The molecule has 1 aromatic carbocycles. The van der Waals surface area contributed by atoms with E-state index in [0.29, 0.717) is 35.9 Å². The predicted molar refractivity (Wildman–Crippen MR) is 85.2 cm³/mol. The Morgan fingerprint density at radius 3 is 2.62 bits per heavy atom. The van der Waals surface area contributed by atoms with Gasteiger partial charge in [-0.25, -0.2) is 4.98 Å². The summed E-state index contributed by atoms with van der Waals surface area (Å²) in [4.78, 5) is 16.8. The van der Waals surface area contributed by atoms with Gasteiger partial charge in [-0.2, -0.15) is 5.10 Å². The standard InChI is InChI=1S/C16H20N4O4/c1-9-12(22-2)6-10(7-13(9)23-3)16(21)19-11-4-5-24-14(11)15-17-8-18-20-15/h6-8,11,14H,4-5H2,1-3H3,(H,19,21)(H,17,18,20)/t11-,14+/m0/s1. The summed E-state index contributed by atoms with van der Waals surface area (Å²) >= 11 is 0. The van der Waals surface area contributed by atoms with Crippen LogP contribution in [0, 0.1) is 6.92 Å². The van der Waals surface area contributed by atoms with Crippen molar-refractivity contribution in [1.82, 2.24) is 20.5 Å². The van der Waals surface area contributed by atoms with Gasteiger partial charge in [-0.05, 0) is 25.5 Å². The second-order valence-corrected chi connectivity index (χ2v) is 5.54. The van der Waals surface area contributed by atoms with E-state index in [-0.39, 0.29) is 18.1 Å². The fraction of sp³-hybridized carbons (Fsp3) is 0.438. The molecule has 8 nitrogen and oxygen atoms in total. The zero-order chi connectivity index (χ0) is 17.1. The summed E-state index contributed by atoms with van der Waals surface area (Å²) in [5.74, 6) is 1.60. The molecule has 0 radical (unpaired) electrons. The molecule has 0 aliphatic carbocycles. The average molecular weight is 332 g/mol. The highest BCUT2D eigenvalue weighted by atomic mass is 16.5. The van der Waals surface area contributed by atoms with E-state index in [2.05, 4.69) is 20.5 Å². The number of carbonyl (C=O) groups excluding carboxylic acids is 1. The molecule has 0 unspecified atom stereocenters. The minimum atomic E-state index is -0.328. The van der Waals surface area contributed by atoms with Gasteiger partial charge in [0.2, 0.25) is 0 Å². The van der Waals surface area contributed by atoms with Gasteiger partial charge in [0.15, 0.2) is 5.82 Å². The van der Waals surface area contributed by atoms with E-state index in [1.54, 1.807) is 26.4 Å². The number of methoxy groups -OCH3 is 2. The third-order valence-electron chi connectivity index (χ3n) is 4.13. The van der Waals surface area contributed by atoms with E-state index in [0.717, 1.165) is 5.56 Å². The third-order valence-corrected chi connectivity index (χ3v) is 4.13. The number of amides is 1. The highest BCUT2D eigenvalue weighted by Crippen LogP contribution is 2.30. The number of nitrogens with one attached hydrogen (secondary N) is 2. The second-order valence-electron chi connectivity index (χ2n) is 5.54. The number of aromatic amines is 1. The fourth-order valence-electron chi connectivity index (χ4n) is 2.83. The first-order valence-corrected chi connectivity index (χ1v) is 7.64. The maximum Gasteiger partial charge on any atom is 0.251 e. The number of aromatic nitrogens is 3. The Kier molecular flexibility index (Phi) is 4.66. The maximum atomic E-state index is 12.6. The van der Waals surface area contributed by atoms with Crippen molar-refractivity contribution in [3.8, 4) is 11.5 Å². The van der Waals surface area contributed by atoms with Gasteiger partial charge in [-0.3, -0.25) is 9.89 Å². The second kappa shape index (κ2) is 6.88. The molecule has 1 aliphatic rings. The van der Waals surface area contributed by atoms with Crippen molar-refractivity contribution in [2.24, 2.45) is 0 Å². The summed E-state index contributed by atoms with van der Waals surface area (Å²) in [6, 6.07) is 3.22. The van der Waals surface area contributed by atoms with Crippen LogP contribution in [0.4, 0.5) is 0 Å². The number of hydrogen-bond donors (Lipinski definition) is 2. The van der Waals surface area contributed by atoms with Crippen LogP contribution in [0.5, 0.6) is 11.5 Å². The Balaban J connectivity index is 1.79. The van der Waals surface area contributed by atoms with E-state index in [1.807, 2.05) is 6.92 Å². The average Bonchev–Trinajstić information content (AvgIpc) is 3.26. The van der Waals surface area contributed by atoms with Gasteiger partial charge in [0.1, 0.15) is 23.9 Å². The lowest BCUT2D eigenvalue weighted by atomic mass is 10.1. The van der Waals surface area contributed by atoms with Gasteiger partial charge >= 0.3 is 0 Å². The van der Waals surface area contributed by atoms with Gasteiger partial charge < -0.3 is 19.5 Å². The van der Waals surface area contributed by atoms with Gasteiger partial charge in [0.05, 0.1) is 20.3 Å². The van der Waals surface area contributed by atoms with Crippen LogP contribution in [0.2, 0.25) is 0 Å². The normalized spacial score (nSPS) is 20.0. The highest BCUT2D eigenvalue weighted by Gasteiger charge is 2.33. The molecule has 2 heterocycles. The monoisotopic (exact) mass is 332 g/mol. The van der Waals surface area contributed by atoms with Crippen molar-refractivity contribution in [3.63, 3.8) is 0 Å². The van der Waals surface area contributed by atoms with Gasteiger partial charge in [-0.1, -0.05) is 0 Å². The zero-order valence-corrected chi connectivity index (χ0v) is 13.8. The van der Waals surface area contributed by atoms with Crippen LogP contribution in [0.1, 0.15) is 34.3 Å². The molecule has 1 aliphatic heterocycles. The number of ether oxygens (including phenoxy) is 3. The molecule has 128 valence electrons. The number of rotatable bonds is 5. The van der Waals surface area contributed by atoms with Crippen molar-refractivity contribution in [2.45, 2.75) is 25.5 Å². The van der Waals surface area contributed by atoms with Gasteiger partial charge in [-0.15, -0.1) is 0 Å². The van der Waals surface area contributed by atoms with Crippen molar-refractivity contribution < 1.29 is 19.0 Å². The number of carbonyl (C=O) groups is 1. The first kappa shape index (κ1) is 16.3. The molecule has 8 heteroatoms. The minimum absolute atomic E-state index is 0.177. The summed E-state index contributed by atoms with van der Waals surface area (Å²) in [6.07, 6.45) is 1.80. The van der Waals surface area contributed by atoms with Gasteiger partial charge in [0, 0.05) is 17.7 Å². The number of hydrogen-bond acceptors (Lipinski definition) is 6. The van der Waals surface area contributed by atoms with Crippen molar-refractivity contribution in [1.29, 1.82) is 0 Å². The van der Waals surface area contributed by atoms with E-state index in [9.17, 15) is 4.79 Å². The molecule has 2 atom stereocenters. The van der Waals surface area contributed by atoms with Gasteiger partial charge in [0.25, 0.3) is 5.91 Å². The maximum absolute atomic E-state index is 12.6. The summed E-state index contributed by atoms with van der Waals surface area (Å²) < 4.78 is 16.3. The van der Waals surface area contributed by atoms with Crippen LogP contribution in [-0.4, -0.2) is 48.0 Å². The molecular formula is C16H20N4O4. The van der Waals surface area contributed by atoms with E-state index < -0.39 is 0 Å². The quantitative estimate of drug-likeness (QED) is 0.858. The molecule has 1 fully saturated rings. The molecule has 1 amide bonds. The van der Waals surface area contributed by atoms with Crippen LogP contribution < -0.4 is 14.8 Å². The van der Waals surface area contributed by atoms with Crippen LogP contribution in [0.3, 0.4) is 0 Å². The summed E-state index contributed by atoms with van der Waals surface area (Å²) in [6.45, 7) is 2.43. The Hall–Kier alpha value is -2.61. The SMILES string of the molecule is COc1cc(C(=O)N[C@H]2CCO[C@H]2c2ncn[nH]2)cc(OC)c1C. The Morgan fingerprint density at radius 1 is 1.33 bits per heavy atom. The topological polar surface area (TPSA) is 98.4 Å². The first-order chi connectivity index (χ1) is 11.6. The summed E-state index contributed by atoms with van der Waals surface area (Å²) in [7, 11) is 3.13. The largest absolute Gasteiger partial charge is 0.496 e. The summed E-state index contributed by atoms with van der Waals surface area (Å²) in [5.41, 5.74) is 1.32. The van der Waals surface area contributed by atoms with Crippen molar-refractivity contribution in [3.05, 3.63) is 35.4 Å². The molecule has 0 spiro atoms. The zero-order valence-electron chi connectivity index (χ0n) is 13.8. The number of benzene rings is 1. The van der Waals surface area contributed by atoms with Crippen LogP contribution in [0.25, 0.3) is 0 Å². The number of H-pyrrole nitrogens is 1. The lowest BCUT2D eigenvalue weighted by Crippen LogP contribution is -2.37. The lowest BCUT2D eigenvalue weighted by molar-refractivity contribution is 0.0791. The molecule has 1 saturated heterocycles. The lowest BCUT2D eigenvalue weighted by Gasteiger charge is -2.19. The molecular weight excluding hydrogens is 312 g/mol. The van der Waals surface area contributed by atoms with Crippen molar-refractivity contribution in [2.75, 3.05) is 20.8 Å². The molecule has 2 N–H and O–H groups in total. The summed E-state index contributed by atoms with van der Waals surface area (Å²) in [5, 5.41) is 9.61. The first-order valence-electron chi connectivity index (χ1n) is 7.64. The Bertz CT molecular complexity index is 692. The minimum Gasteiger partial charge on any atom is -0.496 e. The van der Waals surface area contributed by atoms with Crippen LogP contribution in [0.15, 0.2) is 18.5 Å². The Labute approximate surface area is 139 Å². The third kappa shape index (κ3) is 3.05. The molecule has 2 aromatic rings. The molecule has 0 bridgehead atoms. The van der Waals surface area contributed by atoms with Crippen molar-refractivity contribution >= 4 is 5.91 Å². The van der Waals surface area contributed by atoms with Crippen LogP contribution in [-0.2, 0) is 4.74 Å². The number of nitrogens with zero attached hydrogens (tertiary/aromatic N) is 2. The molecule has 0 saturated carbocycles. The smallest absolute Gasteiger partial charge is 0.251 e. The van der Waals surface area contributed by atoms with E-state index in [4.69, 9.17) is 14.2 Å². The molecule has 24 heavy (non-hydrogen) atoms. The predicted octanol–water partition coefficient (Wildman–Crippen LogP) is 1.39. The van der Waals surface area contributed by atoms with E-state index >= 15 is 0 Å². The van der Waals surface area contributed by atoms with Crippen LogP contribution >= 0.6 is 0 Å². The van der Waals surface area contributed by atoms with E-state index in [1.165, 1.54) is 6.33 Å².